The van der Waals surface area contributed by atoms with Gasteiger partial charge in [0.2, 0.25) is 29.5 Å². The smallest absolute Gasteiger partial charge is 0.245 e. The fraction of sp³-hybridized carbons (Fsp3) is 0.708. The molecule has 1 aromatic carbocycles. The first-order valence-corrected chi connectivity index (χ1v) is 23.8. The molecular formula is C48H79N7O7S. The standard InChI is InChI=1S/C48H79N7O7S/c1-15-31(7)41(54(12)46(59)40(30(5)6)53-44(58)39(29(3)4)48(50-11,32(8)16-2)47(60)49-10)37(61-13)28-38(56)55-25-20-23-36(55)42(62-14)33(9)43(57)52-35(45-51-24-26-63-45)27-34-21-18-17-19-22-34/h17-19,21-22,24,26,29-33,35-37,39-42,50H,15-16,20,23,25,27-28H2,1-14H3,(H,49,60)(H,52,57)(H,53,58)/t31-,32?,33+,35-,36-,37+,39+,40-,41-,42+,48?/m0/s1. The first kappa shape index (κ1) is 53.4. The molecule has 3 rings (SSSR count). The van der Waals surface area contributed by atoms with Crippen LogP contribution in [0.2, 0.25) is 0 Å². The molecule has 0 bridgehead atoms. The Morgan fingerprint density at radius 3 is 2.10 bits per heavy atom. The summed E-state index contributed by atoms with van der Waals surface area (Å²) in [6, 6.07) is 7.88. The fourth-order valence-corrected chi connectivity index (χ4v) is 10.5. The molecule has 0 saturated carbocycles. The number of amides is 5. The monoisotopic (exact) mass is 898 g/mol. The van der Waals surface area contributed by atoms with Gasteiger partial charge in [0.25, 0.3) is 0 Å². The minimum Gasteiger partial charge on any atom is -0.379 e. The molecule has 14 nitrogen and oxygen atoms in total. The van der Waals surface area contributed by atoms with Crippen LogP contribution in [-0.4, -0.2) is 122 Å². The van der Waals surface area contributed by atoms with Crippen LogP contribution in [0.1, 0.15) is 111 Å². The van der Waals surface area contributed by atoms with E-state index in [1.54, 1.807) is 46.5 Å². The van der Waals surface area contributed by atoms with Gasteiger partial charge in [-0.15, -0.1) is 11.3 Å². The highest BCUT2D eigenvalue weighted by Crippen LogP contribution is 2.35. The van der Waals surface area contributed by atoms with Crippen LogP contribution in [0, 0.1) is 35.5 Å². The summed E-state index contributed by atoms with van der Waals surface area (Å²) in [7, 11) is 8.14. The summed E-state index contributed by atoms with van der Waals surface area (Å²) >= 11 is 1.50. The predicted octanol–water partition coefficient (Wildman–Crippen LogP) is 5.63. The third-order valence-electron chi connectivity index (χ3n) is 13.7. The number of ether oxygens (including phenoxy) is 2. The maximum atomic E-state index is 14.7. The molecule has 1 aliphatic heterocycles. The lowest BCUT2D eigenvalue weighted by atomic mass is 9.67. The third kappa shape index (κ3) is 12.7. The number of likely N-dealkylation sites (N-methyl/N-ethyl adjacent to an activating group) is 3. The summed E-state index contributed by atoms with van der Waals surface area (Å²) in [6.07, 6.45) is 3.85. The van der Waals surface area contributed by atoms with Crippen LogP contribution >= 0.6 is 11.3 Å². The maximum Gasteiger partial charge on any atom is 0.245 e. The zero-order valence-corrected chi connectivity index (χ0v) is 41.3. The number of benzene rings is 1. The molecule has 5 amide bonds. The largest absolute Gasteiger partial charge is 0.379 e. The molecule has 2 aromatic rings. The molecule has 1 fully saturated rings. The molecule has 11 atom stereocenters. The Kier molecular flexibility index (Phi) is 21.2. The molecule has 4 N–H and O–H groups in total. The van der Waals surface area contributed by atoms with Crippen LogP contribution in [0.15, 0.2) is 41.9 Å². The van der Waals surface area contributed by atoms with E-state index in [9.17, 15) is 24.0 Å². The van der Waals surface area contributed by atoms with Gasteiger partial charge in [0, 0.05) is 46.4 Å². The highest BCUT2D eigenvalue weighted by atomic mass is 32.1. The second-order valence-corrected chi connectivity index (χ2v) is 19.1. The number of nitrogens with zero attached hydrogens (tertiary/aromatic N) is 3. The van der Waals surface area contributed by atoms with Crippen molar-refractivity contribution in [1.29, 1.82) is 0 Å². The number of carbonyl (C=O) groups is 5. The Morgan fingerprint density at radius 1 is 0.921 bits per heavy atom. The average molecular weight is 898 g/mol. The van der Waals surface area contributed by atoms with Crippen LogP contribution < -0.4 is 21.3 Å². The van der Waals surface area contributed by atoms with E-state index in [-0.39, 0.29) is 71.7 Å². The number of hydrogen-bond donors (Lipinski definition) is 4. The van der Waals surface area contributed by atoms with Gasteiger partial charge in [-0.1, -0.05) is 105 Å². The Bertz CT molecular complexity index is 1750. The quantitative estimate of drug-likeness (QED) is 0.0988. The number of methoxy groups -OCH3 is 2. The van der Waals surface area contributed by atoms with E-state index in [0.717, 1.165) is 17.0 Å². The van der Waals surface area contributed by atoms with E-state index in [1.165, 1.54) is 11.3 Å². The molecule has 0 aliphatic carbocycles. The molecule has 0 radical (unpaired) electrons. The van der Waals surface area contributed by atoms with Crippen molar-refractivity contribution in [2.75, 3.05) is 41.9 Å². The van der Waals surface area contributed by atoms with Gasteiger partial charge < -0.3 is 40.5 Å². The van der Waals surface area contributed by atoms with Gasteiger partial charge in [0.1, 0.15) is 16.6 Å². The zero-order chi connectivity index (χ0) is 47.2. The lowest BCUT2D eigenvalue weighted by Crippen LogP contribution is -2.68. The Balaban J connectivity index is 1.86. The van der Waals surface area contributed by atoms with Gasteiger partial charge in [0.15, 0.2) is 0 Å². The number of aromatic nitrogens is 1. The summed E-state index contributed by atoms with van der Waals surface area (Å²) in [6.45, 7) is 18.0. The van der Waals surface area contributed by atoms with Crippen molar-refractivity contribution < 1.29 is 33.4 Å². The summed E-state index contributed by atoms with van der Waals surface area (Å²) < 4.78 is 12.2. The lowest BCUT2D eigenvalue weighted by Gasteiger charge is -2.45. The number of nitrogens with one attached hydrogen (secondary N) is 4. The van der Waals surface area contributed by atoms with E-state index >= 15 is 0 Å². The van der Waals surface area contributed by atoms with E-state index in [2.05, 4.69) is 26.3 Å². The number of thiazole rings is 1. The summed E-state index contributed by atoms with van der Waals surface area (Å²) in [5.74, 6) is -3.49. The van der Waals surface area contributed by atoms with E-state index in [4.69, 9.17) is 9.47 Å². The molecule has 63 heavy (non-hydrogen) atoms. The molecule has 2 unspecified atom stereocenters. The van der Waals surface area contributed by atoms with Crippen LogP contribution in [0.25, 0.3) is 0 Å². The van der Waals surface area contributed by atoms with Crippen molar-refractivity contribution in [2.45, 2.75) is 143 Å². The van der Waals surface area contributed by atoms with Crippen LogP contribution in [0.3, 0.4) is 0 Å². The van der Waals surface area contributed by atoms with Crippen LogP contribution in [0.5, 0.6) is 0 Å². The molecule has 1 saturated heterocycles. The first-order valence-electron chi connectivity index (χ1n) is 23.0. The van der Waals surface area contributed by atoms with Gasteiger partial charge >= 0.3 is 0 Å². The van der Waals surface area contributed by atoms with E-state index in [0.29, 0.717) is 32.2 Å². The molecule has 0 spiro atoms. The maximum absolute atomic E-state index is 14.7. The van der Waals surface area contributed by atoms with Gasteiger partial charge in [-0.3, -0.25) is 24.0 Å². The third-order valence-corrected chi connectivity index (χ3v) is 14.6. The number of rotatable bonds is 25. The summed E-state index contributed by atoms with van der Waals surface area (Å²) in [5, 5.41) is 15.1. The van der Waals surface area contributed by atoms with Crippen LogP contribution in [0.4, 0.5) is 0 Å². The van der Waals surface area contributed by atoms with Gasteiger partial charge in [-0.05, 0) is 55.5 Å². The van der Waals surface area contributed by atoms with Crippen molar-refractivity contribution in [3.8, 4) is 0 Å². The second kappa shape index (κ2) is 25.0. The molecule has 1 aromatic heterocycles. The molecule has 2 heterocycles. The van der Waals surface area contributed by atoms with E-state index < -0.39 is 41.7 Å². The minimum absolute atomic E-state index is 0.000309. The van der Waals surface area contributed by atoms with Gasteiger partial charge in [-0.25, -0.2) is 4.98 Å². The minimum atomic E-state index is -1.22. The van der Waals surface area contributed by atoms with Gasteiger partial charge in [-0.2, -0.15) is 0 Å². The first-order chi connectivity index (χ1) is 29.9. The van der Waals surface area contributed by atoms with E-state index in [1.807, 2.05) is 103 Å². The highest BCUT2D eigenvalue weighted by Gasteiger charge is 2.53. The normalized spacial score (nSPS) is 19.5. The topological polar surface area (TPSA) is 171 Å². The summed E-state index contributed by atoms with van der Waals surface area (Å²) in [5.41, 5.74) is -0.139. The molecule has 354 valence electrons. The molecule has 15 heteroatoms. The number of likely N-dealkylation sites (tertiary alicyclic amines) is 1. The van der Waals surface area contributed by atoms with Crippen molar-refractivity contribution in [3.05, 3.63) is 52.5 Å². The zero-order valence-electron chi connectivity index (χ0n) is 40.5. The number of carbonyl (C=O) groups excluding carboxylic acids is 5. The van der Waals surface area contributed by atoms with Crippen molar-refractivity contribution in [3.63, 3.8) is 0 Å². The number of hydrogen-bond acceptors (Lipinski definition) is 10. The molecular weight excluding hydrogens is 819 g/mol. The highest BCUT2D eigenvalue weighted by molar-refractivity contribution is 7.09. The van der Waals surface area contributed by atoms with Gasteiger partial charge in [0.05, 0.1) is 48.6 Å². The van der Waals surface area contributed by atoms with Crippen LogP contribution in [-0.2, 0) is 39.9 Å². The Labute approximate surface area is 381 Å². The molecule has 1 aliphatic rings. The van der Waals surface area contributed by atoms with Crippen molar-refractivity contribution in [2.24, 2.45) is 35.5 Å². The summed E-state index contributed by atoms with van der Waals surface area (Å²) in [4.78, 5) is 79.3. The van der Waals surface area contributed by atoms with Crippen molar-refractivity contribution >= 4 is 40.9 Å². The average Bonchev–Trinajstić information content (AvgIpc) is 4.00. The Morgan fingerprint density at radius 2 is 1.59 bits per heavy atom. The Hall–Kier alpha value is -3.92. The fourth-order valence-electron chi connectivity index (χ4n) is 9.79. The predicted molar refractivity (Wildman–Crippen MR) is 250 cm³/mol. The van der Waals surface area contributed by atoms with Crippen molar-refractivity contribution in [1.82, 2.24) is 36.1 Å². The lowest BCUT2D eigenvalue weighted by molar-refractivity contribution is -0.149. The second-order valence-electron chi connectivity index (χ2n) is 18.2. The SMILES string of the molecule is CCC(C)C(NC)(C(=O)NC)[C@@H](C(=O)N[C@H](C(=O)N(C)[C@@H]([C@@H](C)CC)[C@@H](CC(=O)N1CCC[C@H]1[C@H](OC)[C@@H](C)C(=O)N[C@@H](Cc1ccccc1)c1nccs1)OC)C(C)C)C(C)C.